The molecule has 188 valence electrons. The maximum Gasteiger partial charge on any atom is 0.303 e. The molecule has 0 radical (unpaired) electrons. The third kappa shape index (κ3) is 6.78. The zero-order valence-corrected chi connectivity index (χ0v) is 21.3. The van der Waals surface area contributed by atoms with Crippen LogP contribution in [0.2, 0.25) is 0 Å². The number of methoxy groups -OCH3 is 1. The number of fused-ring (bicyclic) bond motifs is 1. The first-order chi connectivity index (χ1) is 16.9. The van der Waals surface area contributed by atoms with E-state index in [2.05, 4.69) is 32.9 Å². The number of rotatable bonds is 11. The molecule has 0 unspecified atom stereocenters. The van der Waals surface area contributed by atoms with Gasteiger partial charge in [-0.15, -0.1) is 11.8 Å². The van der Waals surface area contributed by atoms with E-state index in [4.69, 9.17) is 4.74 Å². The highest BCUT2D eigenvalue weighted by Crippen LogP contribution is 2.35. The molecule has 3 atom stereocenters. The average Bonchev–Trinajstić information content (AvgIpc) is 3.27. The van der Waals surface area contributed by atoms with E-state index >= 15 is 0 Å². The lowest BCUT2D eigenvalue weighted by atomic mass is 9.79. The van der Waals surface area contributed by atoms with Crippen molar-refractivity contribution in [1.29, 1.82) is 0 Å². The van der Waals surface area contributed by atoms with Crippen LogP contribution in [0.25, 0.3) is 10.9 Å². The van der Waals surface area contributed by atoms with Gasteiger partial charge in [0.15, 0.2) is 0 Å². The minimum atomic E-state index is -0.742. The molecule has 8 heteroatoms. The molecular formula is C27H35N3O4S. The van der Waals surface area contributed by atoms with Crippen molar-refractivity contribution >= 4 is 28.6 Å². The minimum Gasteiger partial charge on any atom is -0.497 e. The molecule has 3 aromatic rings. The second kappa shape index (κ2) is 11.9. The number of aliphatic hydroxyl groups is 1. The van der Waals surface area contributed by atoms with Gasteiger partial charge in [0.05, 0.1) is 18.7 Å². The summed E-state index contributed by atoms with van der Waals surface area (Å²) in [5, 5.41) is 21.5. The number of aliphatic hydroxyl groups excluding tert-OH is 1. The number of pyridine rings is 1. The van der Waals surface area contributed by atoms with Crippen molar-refractivity contribution in [3.63, 3.8) is 0 Å². The predicted octanol–water partition coefficient (Wildman–Crippen LogP) is 4.60. The maximum atomic E-state index is 11.6. The van der Waals surface area contributed by atoms with Crippen LogP contribution < -0.4 is 4.74 Å². The number of likely N-dealkylation sites (tertiary alicyclic amines) is 1. The lowest BCUT2D eigenvalue weighted by Gasteiger charge is -2.38. The van der Waals surface area contributed by atoms with Gasteiger partial charge in [0.2, 0.25) is 0 Å². The van der Waals surface area contributed by atoms with Gasteiger partial charge in [-0.1, -0.05) is 0 Å². The van der Waals surface area contributed by atoms with Crippen molar-refractivity contribution in [3.05, 3.63) is 54.5 Å². The van der Waals surface area contributed by atoms with Crippen LogP contribution in [0.1, 0.15) is 37.4 Å². The van der Waals surface area contributed by atoms with Crippen molar-refractivity contribution in [2.75, 3.05) is 32.5 Å². The van der Waals surface area contributed by atoms with Crippen molar-refractivity contribution in [1.82, 2.24) is 14.5 Å². The lowest BCUT2D eigenvalue weighted by Crippen LogP contribution is -2.42. The van der Waals surface area contributed by atoms with Gasteiger partial charge in [0, 0.05) is 61.2 Å². The monoisotopic (exact) mass is 497 g/mol. The Morgan fingerprint density at radius 1 is 1.29 bits per heavy atom. The van der Waals surface area contributed by atoms with Crippen LogP contribution in [-0.4, -0.2) is 63.1 Å². The number of aryl methyl sites for hydroxylation is 1. The van der Waals surface area contributed by atoms with Crippen molar-refractivity contribution in [2.24, 2.45) is 18.9 Å². The molecule has 1 aliphatic rings. The lowest BCUT2D eigenvalue weighted by molar-refractivity contribution is -0.139. The number of hydrogen-bond donors (Lipinski definition) is 2. The second-order valence-corrected chi connectivity index (χ2v) is 10.6. The van der Waals surface area contributed by atoms with Gasteiger partial charge < -0.3 is 24.4 Å². The molecule has 3 heterocycles. The molecule has 7 nitrogen and oxygen atoms in total. The number of nitrogens with zero attached hydrogens (tertiary/aromatic N) is 3. The Balaban J connectivity index is 1.35. The summed E-state index contributed by atoms with van der Waals surface area (Å²) in [5.41, 5.74) is 1.67. The number of hydrogen-bond acceptors (Lipinski definition) is 6. The number of carboxylic acids is 1. The van der Waals surface area contributed by atoms with Crippen LogP contribution in [0, 0.1) is 11.8 Å². The van der Waals surface area contributed by atoms with Crippen molar-refractivity contribution < 1.29 is 19.7 Å². The standard InChI is InChI=1S/C27H35N3O4S/c1-29-11-9-22(18-29)35-14-13-30-12-8-19(20(17-30)15-27(32)33)3-6-26(31)23-7-10-28-25-5-4-21(34-2)16-24(23)25/h4-5,7,9-11,16,18-20,26,31H,3,6,8,12-15,17H2,1-2H3,(H,32,33)/t19-,20+,26-/m1/s1. The van der Waals surface area contributed by atoms with E-state index in [1.54, 1.807) is 13.3 Å². The summed E-state index contributed by atoms with van der Waals surface area (Å²) < 4.78 is 7.41. The number of ether oxygens (including phenoxy) is 1. The summed E-state index contributed by atoms with van der Waals surface area (Å²) in [6, 6.07) is 9.68. The molecule has 0 bridgehead atoms. The summed E-state index contributed by atoms with van der Waals surface area (Å²) in [6.07, 6.45) is 7.82. The van der Waals surface area contributed by atoms with Gasteiger partial charge in [-0.25, -0.2) is 0 Å². The van der Waals surface area contributed by atoms with E-state index in [1.165, 1.54) is 4.90 Å². The van der Waals surface area contributed by atoms with Crippen LogP contribution in [-0.2, 0) is 11.8 Å². The summed E-state index contributed by atoms with van der Waals surface area (Å²) in [4.78, 5) is 19.7. The molecule has 1 aromatic carbocycles. The Kier molecular flexibility index (Phi) is 8.70. The molecular weight excluding hydrogens is 462 g/mol. The third-order valence-electron chi connectivity index (χ3n) is 7.05. The van der Waals surface area contributed by atoms with E-state index < -0.39 is 12.1 Å². The summed E-state index contributed by atoms with van der Waals surface area (Å²) in [5.74, 6) is 1.38. The molecule has 1 aliphatic heterocycles. The number of aromatic nitrogens is 2. The summed E-state index contributed by atoms with van der Waals surface area (Å²) >= 11 is 1.84. The van der Waals surface area contributed by atoms with Gasteiger partial charge in [-0.2, -0.15) is 0 Å². The van der Waals surface area contributed by atoms with Crippen LogP contribution in [0.5, 0.6) is 5.75 Å². The number of benzene rings is 1. The van der Waals surface area contributed by atoms with E-state index in [9.17, 15) is 15.0 Å². The Hall–Kier alpha value is -2.55. The molecule has 1 fully saturated rings. The largest absolute Gasteiger partial charge is 0.497 e. The van der Waals surface area contributed by atoms with Gasteiger partial charge in [-0.05, 0) is 73.5 Å². The minimum absolute atomic E-state index is 0.101. The number of thioether (sulfide) groups is 1. The zero-order valence-electron chi connectivity index (χ0n) is 20.5. The number of aliphatic carboxylic acids is 1. The molecule has 0 aliphatic carbocycles. The van der Waals surface area contributed by atoms with Crippen LogP contribution in [0.3, 0.4) is 0 Å². The highest BCUT2D eigenvalue weighted by atomic mass is 32.2. The fraction of sp³-hybridized carbons (Fsp3) is 0.481. The topological polar surface area (TPSA) is 87.8 Å². The van der Waals surface area contributed by atoms with E-state index in [0.29, 0.717) is 12.3 Å². The first-order valence-corrected chi connectivity index (χ1v) is 13.2. The molecule has 35 heavy (non-hydrogen) atoms. The Labute approximate surface area is 211 Å². The normalized spacial score (nSPS) is 19.6. The summed E-state index contributed by atoms with van der Waals surface area (Å²) in [7, 11) is 3.65. The quantitative estimate of drug-likeness (QED) is 0.374. The van der Waals surface area contributed by atoms with Gasteiger partial charge in [0.1, 0.15) is 5.75 Å². The van der Waals surface area contributed by atoms with Gasteiger partial charge in [0.25, 0.3) is 0 Å². The summed E-state index contributed by atoms with van der Waals surface area (Å²) in [6.45, 7) is 2.73. The molecule has 0 amide bonds. The first kappa shape index (κ1) is 25.5. The molecule has 0 saturated carbocycles. The molecule has 1 saturated heterocycles. The molecule has 4 rings (SSSR count). The van der Waals surface area contributed by atoms with Gasteiger partial charge in [-0.3, -0.25) is 9.78 Å². The Morgan fingerprint density at radius 2 is 2.14 bits per heavy atom. The van der Waals surface area contributed by atoms with Crippen LogP contribution >= 0.6 is 11.8 Å². The fourth-order valence-electron chi connectivity index (χ4n) is 5.14. The third-order valence-corrected chi connectivity index (χ3v) is 8.01. The number of piperidine rings is 1. The SMILES string of the molecule is COc1ccc2nccc([C@H](O)CC[C@@H]3CCN(CCSc4ccn(C)c4)C[C@@H]3CC(=O)O)c2c1. The predicted molar refractivity (Wildman–Crippen MR) is 139 cm³/mol. The zero-order chi connectivity index (χ0) is 24.8. The smallest absolute Gasteiger partial charge is 0.303 e. The van der Waals surface area contributed by atoms with E-state index in [1.807, 2.05) is 43.1 Å². The molecule has 2 aromatic heterocycles. The fourth-order valence-corrected chi connectivity index (χ4v) is 6.13. The molecule has 2 N–H and O–H groups in total. The highest BCUT2D eigenvalue weighted by Gasteiger charge is 2.31. The first-order valence-electron chi connectivity index (χ1n) is 12.2. The second-order valence-electron chi connectivity index (χ2n) is 9.44. The van der Waals surface area contributed by atoms with Gasteiger partial charge >= 0.3 is 5.97 Å². The Bertz CT molecular complexity index is 1130. The average molecular weight is 498 g/mol. The van der Waals surface area contributed by atoms with E-state index in [0.717, 1.165) is 60.4 Å². The van der Waals surface area contributed by atoms with E-state index in [-0.39, 0.29) is 12.3 Å². The number of carbonyl (C=O) groups is 1. The van der Waals surface area contributed by atoms with Crippen LogP contribution in [0.4, 0.5) is 0 Å². The molecule has 0 spiro atoms. The van der Waals surface area contributed by atoms with Crippen molar-refractivity contribution in [3.8, 4) is 5.75 Å². The van der Waals surface area contributed by atoms with Crippen LogP contribution in [0.15, 0.2) is 53.8 Å². The van der Waals surface area contributed by atoms with Crippen molar-refractivity contribution in [2.45, 2.75) is 36.7 Å². The maximum absolute atomic E-state index is 11.6. The highest BCUT2D eigenvalue weighted by molar-refractivity contribution is 7.99. The Morgan fingerprint density at radius 3 is 2.89 bits per heavy atom. The number of carboxylic acid groups (broad SMARTS) is 1.